The lowest BCUT2D eigenvalue weighted by atomic mass is 10.1. The summed E-state index contributed by atoms with van der Waals surface area (Å²) in [6.45, 7) is 9.01. The van der Waals surface area contributed by atoms with Gasteiger partial charge in [0, 0.05) is 31.6 Å². The summed E-state index contributed by atoms with van der Waals surface area (Å²) in [5.74, 6) is 0.154. The minimum atomic E-state index is -0.280. The maximum absolute atomic E-state index is 12.6. The van der Waals surface area contributed by atoms with Gasteiger partial charge in [-0.05, 0) is 38.0 Å². The van der Waals surface area contributed by atoms with Crippen molar-refractivity contribution in [2.24, 2.45) is 0 Å². The van der Waals surface area contributed by atoms with Crippen molar-refractivity contribution in [3.8, 4) is 0 Å². The second-order valence-corrected chi connectivity index (χ2v) is 9.52. The zero-order chi connectivity index (χ0) is 24.1. The highest BCUT2D eigenvalue weighted by molar-refractivity contribution is 7.14. The van der Waals surface area contributed by atoms with Gasteiger partial charge in [0.2, 0.25) is 5.91 Å². The van der Waals surface area contributed by atoms with Crippen LogP contribution < -0.4 is 10.6 Å². The Morgan fingerprint density at radius 1 is 1.15 bits per heavy atom. The molecule has 2 unspecified atom stereocenters. The van der Waals surface area contributed by atoms with E-state index in [1.54, 1.807) is 18.4 Å². The Labute approximate surface area is 203 Å². The smallest absolute Gasteiger partial charge is 0.260 e. The van der Waals surface area contributed by atoms with Crippen molar-refractivity contribution in [3.63, 3.8) is 0 Å². The molecule has 1 saturated heterocycles. The van der Waals surface area contributed by atoms with E-state index < -0.39 is 0 Å². The monoisotopic (exact) mass is 482 g/mol. The van der Waals surface area contributed by atoms with Gasteiger partial charge in [0.05, 0.1) is 36.1 Å². The summed E-state index contributed by atoms with van der Waals surface area (Å²) in [7, 11) is 0. The summed E-state index contributed by atoms with van der Waals surface area (Å²) < 4.78 is 11.0. The molecule has 3 heterocycles. The van der Waals surface area contributed by atoms with Gasteiger partial charge in [0.15, 0.2) is 5.13 Å². The Morgan fingerprint density at radius 3 is 2.59 bits per heavy atom. The molecule has 2 atom stereocenters. The first-order valence-electron chi connectivity index (χ1n) is 11.4. The number of hydrogen-bond acceptors (Lipinski definition) is 7. The minimum absolute atomic E-state index is 0.114. The van der Waals surface area contributed by atoms with E-state index in [0.29, 0.717) is 28.7 Å². The van der Waals surface area contributed by atoms with Crippen molar-refractivity contribution in [1.29, 1.82) is 0 Å². The number of aromatic nitrogens is 1. The number of carbonyl (C=O) groups excluding carboxylic acids is 2. The highest BCUT2D eigenvalue weighted by atomic mass is 32.1. The number of thiazole rings is 1. The third-order valence-electron chi connectivity index (χ3n) is 5.70. The van der Waals surface area contributed by atoms with Gasteiger partial charge >= 0.3 is 0 Å². The van der Waals surface area contributed by atoms with Crippen LogP contribution in [-0.4, -0.2) is 47.0 Å². The van der Waals surface area contributed by atoms with Crippen molar-refractivity contribution in [2.75, 3.05) is 18.4 Å². The molecule has 34 heavy (non-hydrogen) atoms. The van der Waals surface area contributed by atoms with E-state index in [9.17, 15) is 9.59 Å². The van der Waals surface area contributed by atoms with E-state index in [-0.39, 0.29) is 30.4 Å². The van der Waals surface area contributed by atoms with Gasteiger partial charge in [-0.1, -0.05) is 24.3 Å². The number of amides is 2. The lowest BCUT2D eigenvalue weighted by molar-refractivity contribution is -0.120. The van der Waals surface area contributed by atoms with E-state index in [4.69, 9.17) is 9.15 Å². The number of morpholine rings is 1. The summed E-state index contributed by atoms with van der Waals surface area (Å²) in [5, 5.41) is 7.99. The third-order valence-corrected chi connectivity index (χ3v) is 6.51. The van der Waals surface area contributed by atoms with Crippen molar-refractivity contribution in [1.82, 2.24) is 15.2 Å². The zero-order valence-corrected chi connectivity index (χ0v) is 20.5. The molecule has 0 radical (unpaired) electrons. The van der Waals surface area contributed by atoms with Crippen LogP contribution in [0.3, 0.4) is 0 Å². The van der Waals surface area contributed by atoms with E-state index in [2.05, 4.69) is 46.5 Å². The largest absolute Gasteiger partial charge is 0.469 e. The SMILES string of the molecule is Cc1occc1C(=O)Nc1nc(CC(=O)NCc2ccccc2CN2CC(C)OC(C)C2)cs1. The van der Waals surface area contributed by atoms with Crippen LogP contribution in [0.2, 0.25) is 0 Å². The van der Waals surface area contributed by atoms with Crippen LogP contribution in [0.15, 0.2) is 46.4 Å². The number of nitrogens with zero attached hydrogens (tertiary/aromatic N) is 2. The number of aryl methyl sites for hydroxylation is 1. The molecule has 0 saturated carbocycles. The van der Waals surface area contributed by atoms with Crippen molar-refractivity contribution < 1.29 is 18.7 Å². The number of hydrogen-bond donors (Lipinski definition) is 2. The number of ether oxygens (including phenoxy) is 1. The average Bonchev–Trinajstić information content (AvgIpc) is 3.41. The lowest BCUT2D eigenvalue weighted by Gasteiger charge is -2.35. The lowest BCUT2D eigenvalue weighted by Crippen LogP contribution is -2.45. The van der Waals surface area contributed by atoms with Crippen LogP contribution in [0.25, 0.3) is 0 Å². The Kier molecular flexibility index (Phi) is 7.77. The van der Waals surface area contributed by atoms with Gasteiger partial charge in [-0.25, -0.2) is 4.98 Å². The predicted octanol–water partition coefficient (Wildman–Crippen LogP) is 3.76. The quantitative estimate of drug-likeness (QED) is 0.507. The zero-order valence-electron chi connectivity index (χ0n) is 19.7. The van der Waals surface area contributed by atoms with Crippen LogP contribution in [0.5, 0.6) is 0 Å². The Bertz CT molecular complexity index is 1130. The van der Waals surface area contributed by atoms with Crippen LogP contribution in [0.1, 0.15) is 46.8 Å². The van der Waals surface area contributed by atoms with E-state index in [1.165, 1.54) is 23.2 Å². The number of anilines is 1. The Hall–Kier alpha value is -3.01. The Balaban J connectivity index is 1.29. The molecule has 1 aromatic carbocycles. The molecule has 2 amide bonds. The molecule has 1 aliphatic heterocycles. The number of furan rings is 1. The van der Waals surface area contributed by atoms with Gasteiger partial charge in [-0.15, -0.1) is 11.3 Å². The standard InChI is InChI=1S/C25H30N4O4S/c1-16-12-29(13-17(2)33-16)14-20-7-5-4-6-19(20)11-26-23(30)10-21-15-34-25(27-21)28-24(31)22-8-9-32-18(22)3/h4-9,15-17H,10-14H2,1-3H3,(H,26,30)(H,27,28,31). The van der Waals surface area contributed by atoms with Gasteiger partial charge < -0.3 is 14.5 Å². The highest BCUT2D eigenvalue weighted by Crippen LogP contribution is 2.19. The number of nitrogens with one attached hydrogen (secondary N) is 2. The van der Waals surface area contributed by atoms with Crippen LogP contribution in [-0.2, 0) is 29.0 Å². The fourth-order valence-electron chi connectivity index (χ4n) is 4.19. The molecule has 2 N–H and O–H groups in total. The summed E-state index contributed by atoms with van der Waals surface area (Å²) in [6.07, 6.45) is 2.05. The maximum Gasteiger partial charge on any atom is 0.260 e. The summed E-state index contributed by atoms with van der Waals surface area (Å²) >= 11 is 1.29. The minimum Gasteiger partial charge on any atom is -0.469 e. The third kappa shape index (κ3) is 6.31. The first kappa shape index (κ1) is 24.1. The molecule has 180 valence electrons. The van der Waals surface area contributed by atoms with E-state index in [0.717, 1.165) is 25.2 Å². The normalized spacial score (nSPS) is 18.6. The van der Waals surface area contributed by atoms with E-state index >= 15 is 0 Å². The van der Waals surface area contributed by atoms with Crippen molar-refractivity contribution >= 4 is 28.3 Å². The molecule has 2 aromatic heterocycles. The van der Waals surface area contributed by atoms with Gasteiger partial charge in [0.1, 0.15) is 5.76 Å². The summed E-state index contributed by atoms with van der Waals surface area (Å²) in [4.78, 5) is 31.6. The molecule has 1 aliphatic rings. The first-order valence-corrected chi connectivity index (χ1v) is 12.3. The molecule has 3 aromatic rings. The van der Waals surface area contributed by atoms with Crippen LogP contribution in [0.4, 0.5) is 5.13 Å². The number of carbonyl (C=O) groups is 2. The molecular weight excluding hydrogens is 452 g/mol. The van der Waals surface area contributed by atoms with Crippen LogP contribution >= 0.6 is 11.3 Å². The second kappa shape index (κ2) is 10.9. The average molecular weight is 483 g/mol. The molecule has 0 spiro atoms. The molecule has 9 heteroatoms. The number of rotatable bonds is 8. The topological polar surface area (TPSA) is 96.7 Å². The number of benzene rings is 1. The Morgan fingerprint density at radius 2 is 1.88 bits per heavy atom. The fourth-order valence-corrected chi connectivity index (χ4v) is 4.90. The predicted molar refractivity (Wildman–Crippen MR) is 131 cm³/mol. The second-order valence-electron chi connectivity index (χ2n) is 8.66. The summed E-state index contributed by atoms with van der Waals surface area (Å²) in [5.41, 5.74) is 3.39. The molecule has 0 aliphatic carbocycles. The maximum atomic E-state index is 12.6. The van der Waals surface area contributed by atoms with Gasteiger partial charge in [-0.2, -0.15) is 0 Å². The van der Waals surface area contributed by atoms with E-state index in [1.807, 2.05) is 12.1 Å². The molecule has 0 bridgehead atoms. The van der Waals surface area contributed by atoms with Gasteiger partial charge in [0.25, 0.3) is 5.91 Å². The van der Waals surface area contributed by atoms with Crippen molar-refractivity contribution in [3.05, 3.63) is 70.1 Å². The molecular formula is C25H30N4O4S. The fraction of sp³-hybridized carbons (Fsp3) is 0.400. The molecule has 8 nitrogen and oxygen atoms in total. The highest BCUT2D eigenvalue weighted by Gasteiger charge is 2.22. The van der Waals surface area contributed by atoms with Crippen LogP contribution in [0, 0.1) is 6.92 Å². The molecule has 4 rings (SSSR count). The van der Waals surface area contributed by atoms with Crippen molar-refractivity contribution in [2.45, 2.75) is 52.5 Å². The van der Waals surface area contributed by atoms with Gasteiger partial charge in [-0.3, -0.25) is 19.8 Å². The first-order chi connectivity index (χ1) is 16.4. The summed E-state index contributed by atoms with van der Waals surface area (Å²) in [6, 6.07) is 9.81. The molecule has 1 fully saturated rings.